The first kappa shape index (κ1) is 13.7. The largest absolute Gasteiger partial charge is 0.315 e. The van der Waals surface area contributed by atoms with Crippen molar-refractivity contribution in [1.82, 2.24) is 4.98 Å². The van der Waals surface area contributed by atoms with Crippen LogP contribution in [0.2, 0.25) is 0 Å². The van der Waals surface area contributed by atoms with Crippen LogP contribution in [-0.2, 0) is 11.2 Å². The Kier molecular flexibility index (Phi) is 3.13. The molecule has 2 aromatic heterocycles. The smallest absolute Gasteiger partial charge is 0.231 e. The second-order valence-electron chi connectivity index (χ2n) is 5.44. The van der Waals surface area contributed by atoms with Crippen LogP contribution in [-0.4, -0.2) is 17.9 Å². The van der Waals surface area contributed by atoms with Gasteiger partial charge in [-0.15, -0.1) is 22.7 Å². The Bertz CT molecular complexity index is 878. The number of benzene rings is 1. The quantitative estimate of drug-likeness (QED) is 0.701. The molecule has 3 aromatic rings. The minimum Gasteiger partial charge on any atom is -0.315 e. The van der Waals surface area contributed by atoms with E-state index < -0.39 is 0 Å². The lowest BCUT2D eigenvalue weighted by Gasteiger charge is -2.09. The third kappa shape index (κ3) is 2.09. The van der Waals surface area contributed by atoms with Gasteiger partial charge in [0.05, 0.1) is 17.0 Å². The first-order valence-corrected chi connectivity index (χ1v) is 8.79. The standard InChI is InChI=1S/C17H14N2OS2/c1-10-5-6-21-16(10)17-18-13(9-22-17)11-3-4-14-12(7-11)8-15(20)19(14)2/h3-7,9H,8H2,1-2H3. The molecule has 0 unspecified atom stereocenters. The molecular weight excluding hydrogens is 312 g/mol. The minimum absolute atomic E-state index is 0.153. The molecule has 0 bridgehead atoms. The Morgan fingerprint density at radius 3 is 2.86 bits per heavy atom. The number of hydrogen-bond donors (Lipinski definition) is 0. The fourth-order valence-corrected chi connectivity index (χ4v) is 4.66. The molecule has 0 atom stereocenters. The summed E-state index contributed by atoms with van der Waals surface area (Å²) in [6.45, 7) is 2.11. The van der Waals surface area contributed by atoms with Gasteiger partial charge in [-0.3, -0.25) is 4.79 Å². The number of carbonyl (C=O) groups excluding carboxylic acids is 1. The molecule has 3 nitrogen and oxygen atoms in total. The Morgan fingerprint density at radius 1 is 1.23 bits per heavy atom. The molecule has 1 amide bonds. The number of hydrogen-bond acceptors (Lipinski definition) is 4. The number of carbonyl (C=O) groups is 1. The van der Waals surface area contributed by atoms with Gasteiger partial charge in [-0.05, 0) is 41.6 Å². The molecule has 0 aliphatic carbocycles. The van der Waals surface area contributed by atoms with E-state index >= 15 is 0 Å². The molecular formula is C17H14N2OS2. The van der Waals surface area contributed by atoms with E-state index in [1.165, 1.54) is 10.4 Å². The number of nitrogens with zero attached hydrogens (tertiary/aromatic N) is 2. The van der Waals surface area contributed by atoms with E-state index in [9.17, 15) is 4.79 Å². The highest BCUT2D eigenvalue weighted by molar-refractivity contribution is 7.20. The normalized spacial score (nSPS) is 13.7. The van der Waals surface area contributed by atoms with Gasteiger partial charge in [0, 0.05) is 23.7 Å². The van der Waals surface area contributed by atoms with E-state index in [1.807, 2.05) is 19.2 Å². The number of rotatable bonds is 2. The van der Waals surface area contributed by atoms with Crippen LogP contribution in [0.5, 0.6) is 0 Å². The Morgan fingerprint density at radius 2 is 2.09 bits per heavy atom. The number of anilines is 1. The molecule has 1 aromatic carbocycles. The van der Waals surface area contributed by atoms with Gasteiger partial charge in [0.15, 0.2) is 0 Å². The molecule has 0 spiro atoms. The molecule has 0 saturated heterocycles. The maximum Gasteiger partial charge on any atom is 0.231 e. The summed E-state index contributed by atoms with van der Waals surface area (Å²) < 4.78 is 0. The predicted molar refractivity (Wildman–Crippen MR) is 92.7 cm³/mol. The zero-order chi connectivity index (χ0) is 15.3. The molecule has 110 valence electrons. The molecule has 0 radical (unpaired) electrons. The van der Waals surface area contributed by atoms with Gasteiger partial charge in [0.2, 0.25) is 5.91 Å². The lowest BCUT2D eigenvalue weighted by molar-refractivity contribution is -0.117. The van der Waals surface area contributed by atoms with E-state index in [0.717, 1.165) is 27.5 Å². The van der Waals surface area contributed by atoms with E-state index in [0.29, 0.717) is 6.42 Å². The topological polar surface area (TPSA) is 33.2 Å². The van der Waals surface area contributed by atoms with Crippen LogP contribution < -0.4 is 4.90 Å². The summed E-state index contributed by atoms with van der Waals surface area (Å²) in [5.41, 5.74) is 5.44. The molecule has 5 heteroatoms. The average molecular weight is 326 g/mol. The minimum atomic E-state index is 0.153. The van der Waals surface area contributed by atoms with Crippen LogP contribution in [0.1, 0.15) is 11.1 Å². The van der Waals surface area contributed by atoms with Gasteiger partial charge in [-0.25, -0.2) is 4.98 Å². The maximum absolute atomic E-state index is 11.8. The Balaban J connectivity index is 1.72. The zero-order valence-electron chi connectivity index (χ0n) is 12.3. The Labute approximate surface area is 136 Å². The van der Waals surface area contributed by atoms with E-state index in [4.69, 9.17) is 4.98 Å². The summed E-state index contributed by atoms with van der Waals surface area (Å²) in [5.74, 6) is 0.153. The van der Waals surface area contributed by atoms with Gasteiger partial charge >= 0.3 is 0 Å². The Hall–Kier alpha value is -1.98. The van der Waals surface area contributed by atoms with Crippen molar-refractivity contribution in [2.75, 3.05) is 11.9 Å². The molecule has 0 N–H and O–H groups in total. The fraction of sp³-hybridized carbons (Fsp3) is 0.176. The molecule has 4 rings (SSSR count). The third-order valence-corrected chi connectivity index (χ3v) is 6.03. The molecule has 0 saturated carbocycles. The second kappa shape index (κ2) is 5.04. The molecule has 3 heterocycles. The van der Waals surface area contributed by atoms with Crippen LogP contribution >= 0.6 is 22.7 Å². The van der Waals surface area contributed by atoms with Crippen molar-refractivity contribution in [2.45, 2.75) is 13.3 Å². The van der Waals surface area contributed by atoms with Crippen molar-refractivity contribution >= 4 is 34.3 Å². The summed E-state index contributed by atoms with van der Waals surface area (Å²) >= 11 is 3.40. The number of aryl methyl sites for hydroxylation is 1. The van der Waals surface area contributed by atoms with Gasteiger partial charge in [-0.1, -0.05) is 6.07 Å². The summed E-state index contributed by atoms with van der Waals surface area (Å²) in [6.07, 6.45) is 0.487. The highest BCUT2D eigenvalue weighted by atomic mass is 32.1. The molecule has 1 aliphatic rings. The summed E-state index contributed by atoms with van der Waals surface area (Å²) in [7, 11) is 1.83. The first-order valence-electron chi connectivity index (χ1n) is 7.03. The van der Waals surface area contributed by atoms with Crippen molar-refractivity contribution in [3.8, 4) is 21.1 Å². The number of fused-ring (bicyclic) bond motifs is 1. The number of thiazole rings is 1. The summed E-state index contributed by atoms with van der Waals surface area (Å²) in [4.78, 5) is 19.5. The van der Waals surface area contributed by atoms with Crippen LogP contribution in [0.4, 0.5) is 5.69 Å². The number of amides is 1. The highest BCUT2D eigenvalue weighted by Gasteiger charge is 2.24. The fourth-order valence-electron chi connectivity index (χ4n) is 2.73. The predicted octanol–water partition coefficient (Wildman–Crippen LogP) is 4.37. The summed E-state index contributed by atoms with van der Waals surface area (Å²) in [5, 5.41) is 5.26. The maximum atomic E-state index is 11.8. The van der Waals surface area contributed by atoms with Crippen molar-refractivity contribution < 1.29 is 4.79 Å². The van der Waals surface area contributed by atoms with E-state index in [1.54, 1.807) is 27.6 Å². The lowest BCUT2D eigenvalue weighted by atomic mass is 10.1. The first-order chi connectivity index (χ1) is 10.6. The van der Waals surface area contributed by atoms with Crippen molar-refractivity contribution in [1.29, 1.82) is 0 Å². The number of thiophene rings is 1. The van der Waals surface area contributed by atoms with Crippen molar-refractivity contribution in [2.24, 2.45) is 0 Å². The van der Waals surface area contributed by atoms with Crippen molar-refractivity contribution in [3.63, 3.8) is 0 Å². The van der Waals surface area contributed by atoms with E-state index in [2.05, 4.69) is 29.8 Å². The summed E-state index contributed by atoms with van der Waals surface area (Å²) in [6, 6.07) is 8.29. The number of likely N-dealkylation sites (N-methyl/N-ethyl adjacent to an activating group) is 1. The molecule has 0 fully saturated rings. The van der Waals surface area contributed by atoms with Gasteiger partial charge in [0.1, 0.15) is 5.01 Å². The van der Waals surface area contributed by atoms with E-state index in [-0.39, 0.29) is 5.91 Å². The molecule has 1 aliphatic heterocycles. The zero-order valence-corrected chi connectivity index (χ0v) is 13.9. The van der Waals surface area contributed by atoms with Gasteiger partial charge in [-0.2, -0.15) is 0 Å². The monoisotopic (exact) mass is 326 g/mol. The van der Waals surface area contributed by atoms with Crippen LogP contribution in [0.25, 0.3) is 21.1 Å². The van der Waals surface area contributed by atoms with Crippen LogP contribution in [0.15, 0.2) is 35.0 Å². The SMILES string of the molecule is Cc1ccsc1-c1nc(-c2ccc3c(c2)CC(=O)N3C)cs1. The lowest BCUT2D eigenvalue weighted by Crippen LogP contribution is -2.20. The second-order valence-corrected chi connectivity index (χ2v) is 7.22. The van der Waals surface area contributed by atoms with Crippen LogP contribution in [0.3, 0.4) is 0 Å². The van der Waals surface area contributed by atoms with Crippen LogP contribution in [0, 0.1) is 6.92 Å². The third-order valence-electron chi connectivity index (χ3n) is 4.01. The highest BCUT2D eigenvalue weighted by Crippen LogP contribution is 2.36. The van der Waals surface area contributed by atoms with Crippen molar-refractivity contribution in [3.05, 3.63) is 46.2 Å². The number of aromatic nitrogens is 1. The molecule has 22 heavy (non-hydrogen) atoms. The average Bonchev–Trinajstić information content (AvgIpc) is 3.19. The van der Waals surface area contributed by atoms with Gasteiger partial charge in [0.25, 0.3) is 0 Å². The van der Waals surface area contributed by atoms with Gasteiger partial charge < -0.3 is 4.90 Å².